The highest BCUT2D eigenvalue weighted by atomic mass is 31.2. The van der Waals surface area contributed by atoms with Gasteiger partial charge in [-0.25, -0.2) is 0 Å². The number of hydrogen-bond acceptors (Lipinski definition) is 8. The molecule has 0 rings (SSSR count). The third kappa shape index (κ3) is 77.7. The molecule has 0 saturated heterocycles. The van der Waals surface area contributed by atoms with Crippen LogP contribution in [-0.2, 0) is 32.7 Å². The van der Waals surface area contributed by atoms with E-state index in [0.29, 0.717) is 17.4 Å². The zero-order chi connectivity index (χ0) is 68.3. The van der Waals surface area contributed by atoms with Crippen LogP contribution in [0.5, 0.6) is 0 Å². The minimum absolute atomic E-state index is 0.0319. The Hall–Kier alpha value is -3.33. The number of ether oxygens (including phenoxy) is 2. The molecule has 0 fully saturated rings. The van der Waals surface area contributed by atoms with Crippen molar-refractivity contribution < 1.29 is 42.1 Å². The molecule has 10 heteroatoms. The molecule has 2 unspecified atom stereocenters. The Kier molecular flexibility index (Phi) is 71.3. The summed E-state index contributed by atoms with van der Waals surface area (Å²) in [5, 5.41) is 0. The molecule has 0 aliphatic heterocycles. The van der Waals surface area contributed by atoms with E-state index < -0.39 is 26.5 Å². The van der Waals surface area contributed by atoms with Gasteiger partial charge in [0, 0.05) is 12.8 Å². The van der Waals surface area contributed by atoms with E-state index in [9.17, 15) is 19.0 Å². The zero-order valence-corrected chi connectivity index (χ0v) is 63.0. The average molecular weight is 1330 g/mol. The Morgan fingerprint density at radius 2 is 0.606 bits per heavy atom. The lowest BCUT2D eigenvalue weighted by molar-refractivity contribution is -0.870. The Morgan fingerprint density at radius 1 is 0.340 bits per heavy atom. The van der Waals surface area contributed by atoms with Crippen LogP contribution in [-0.4, -0.2) is 70.0 Å². The molecule has 0 aliphatic rings. The highest BCUT2D eigenvalue weighted by Gasteiger charge is 2.22. The standard InChI is InChI=1S/C84H150NO8P/c1-6-8-10-12-14-16-18-20-22-24-26-28-30-32-34-36-37-38-39-40-41-42-43-44-45-46-47-49-51-53-55-57-59-61-63-65-67-69-71-73-75-77-84(87)93-82(81-92-94(88,89)91-79-78-85(3,4)5)80-90-83(86)76-74-72-70-68-66-64-62-60-58-56-54-52-50-48-35-33-31-29-27-25-23-21-19-17-15-13-11-9-7-2/h8,10,14,16,20,22,25-28,32,34,37-38,40-41,43-44,82H,6-7,9,11-13,15,17-19,21,23-24,29-31,33,35-36,39,42,45-81H2,1-5H3/b10-8-,16-14-,22-20-,27-25-,28-26-,34-32-,38-37-,41-40-,44-43-. The molecular weight excluding hydrogens is 1180 g/mol. The van der Waals surface area contributed by atoms with Crippen molar-refractivity contribution in [2.75, 3.05) is 47.5 Å². The summed E-state index contributed by atoms with van der Waals surface area (Å²) in [7, 11) is 1.17. The number of unbranched alkanes of at least 4 members (excludes halogenated alkanes) is 41. The Morgan fingerprint density at radius 3 is 0.915 bits per heavy atom. The van der Waals surface area contributed by atoms with E-state index >= 15 is 0 Å². The van der Waals surface area contributed by atoms with E-state index in [1.165, 1.54) is 238 Å². The fraction of sp³-hybridized carbons (Fsp3) is 0.762. The molecule has 0 bridgehead atoms. The number of quaternary nitrogens is 1. The first-order valence-corrected chi connectivity index (χ1v) is 41.1. The summed E-state index contributed by atoms with van der Waals surface area (Å²) in [5.74, 6) is -0.820. The Labute approximate surface area is 582 Å². The molecule has 0 heterocycles. The topological polar surface area (TPSA) is 111 Å². The van der Waals surface area contributed by atoms with Crippen molar-refractivity contribution in [2.24, 2.45) is 0 Å². The van der Waals surface area contributed by atoms with E-state index in [1.54, 1.807) is 0 Å². The maximum atomic E-state index is 12.9. The number of phosphoric acid groups is 1. The fourth-order valence-corrected chi connectivity index (χ4v) is 12.0. The van der Waals surface area contributed by atoms with Gasteiger partial charge in [-0.2, -0.15) is 0 Å². The predicted octanol–water partition coefficient (Wildman–Crippen LogP) is 25.8. The second-order valence-electron chi connectivity index (χ2n) is 27.7. The molecule has 544 valence electrons. The lowest BCUT2D eigenvalue weighted by atomic mass is 10.0. The Balaban J connectivity index is 3.97. The summed E-state index contributed by atoms with van der Waals surface area (Å²) in [6.07, 6.45) is 105. The van der Waals surface area contributed by atoms with Gasteiger partial charge in [0.05, 0.1) is 27.7 Å². The van der Waals surface area contributed by atoms with Crippen LogP contribution in [0.4, 0.5) is 0 Å². The summed E-state index contributed by atoms with van der Waals surface area (Å²) >= 11 is 0. The maximum Gasteiger partial charge on any atom is 0.306 e. The third-order valence-electron chi connectivity index (χ3n) is 17.3. The van der Waals surface area contributed by atoms with Crippen LogP contribution in [0.2, 0.25) is 0 Å². The quantitative estimate of drug-likeness (QED) is 0.0195. The second kappa shape index (κ2) is 73.9. The normalized spacial score (nSPS) is 13.6. The summed E-state index contributed by atoms with van der Waals surface area (Å²) in [5.41, 5.74) is 0. The van der Waals surface area contributed by atoms with Gasteiger partial charge in [0.25, 0.3) is 7.82 Å². The van der Waals surface area contributed by atoms with Crippen molar-refractivity contribution in [1.82, 2.24) is 0 Å². The second-order valence-corrected chi connectivity index (χ2v) is 29.1. The van der Waals surface area contributed by atoms with Gasteiger partial charge < -0.3 is 27.9 Å². The van der Waals surface area contributed by atoms with Gasteiger partial charge in [0.15, 0.2) is 6.10 Å². The molecule has 0 aromatic rings. The number of rotatable bonds is 73. The van der Waals surface area contributed by atoms with Crippen molar-refractivity contribution in [3.63, 3.8) is 0 Å². The van der Waals surface area contributed by atoms with Gasteiger partial charge in [-0.3, -0.25) is 14.2 Å². The van der Waals surface area contributed by atoms with Crippen LogP contribution in [0.15, 0.2) is 109 Å². The van der Waals surface area contributed by atoms with E-state index in [-0.39, 0.29) is 32.0 Å². The SMILES string of the molecule is CC/C=C\C/C=C\C/C=C\C/C=C\C/C=C\C/C=C\C/C=C\C/C=C\CCCCCCCCCCCCCCCCCCC(=O)OC(COC(=O)CCCCCCCCCCCCCCCCCCC/C=C\CCCCCCCCCC)COP(=O)([O-])OCC[N+](C)(C)C. The summed E-state index contributed by atoms with van der Waals surface area (Å²) in [4.78, 5) is 38.2. The number of esters is 2. The molecule has 0 amide bonds. The number of carbonyl (C=O) groups excluding carboxylic acids is 2. The number of nitrogens with zero attached hydrogens (tertiary/aromatic N) is 1. The van der Waals surface area contributed by atoms with E-state index in [4.69, 9.17) is 18.5 Å². The number of allylic oxidation sites excluding steroid dienone is 18. The largest absolute Gasteiger partial charge is 0.756 e. The van der Waals surface area contributed by atoms with Crippen molar-refractivity contribution in [2.45, 2.75) is 367 Å². The van der Waals surface area contributed by atoms with Crippen molar-refractivity contribution in [1.29, 1.82) is 0 Å². The van der Waals surface area contributed by atoms with Crippen LogP contribution in [0.3, 0.4) is 0 Å². The minimum atomic E-state index is -4.65. The monoisotopic (exact) mass is 1330 g/mol. The first-order chi connectivity index (χ1) is 46.0. The molecule has 94 heavy (non-hydrogen) atoms. The van der Waals surface area contributed by atoms with Gasteiger partial charge in [-0.1, -0.05) is 354 Å². The molecule has 9 nitrogen and oxygen atoms in total. The minimum Gasteiger partial charge on any atom is -0.756 e. The van der Waals surface area contributed by atoms with E-state index in [2.05, 4.69) is 123 Å². The van der Waals surface area contributed by atoms with Crippen molar-refractivity contribution >= 4 is 19.8 Å². The fourth-order valence-electron chi connectivity index (χ4n) is 11.3. The van der Waals surface area contributed by atoms with Gasteiger partial charge in [0.1, 0.15) is 19.8 Å². The van der Waals surface area contributed by atoms with Crippen LogP contribution >= 0.6 is 7.82 Å². The van der Waals surface area contributed by atoms with Crippen LogP contribution in [0, 0.1) is 0 Å². The molecule has 0 radical (unpaired) electrons. The van der Waals surface area contributed by atoms with Crippen LogP contribution < -0.4 is 4.89 Å². The lowest BCUT2D eigenvalue weighted by Crippen LogP contribution is -2.37. The van der Waals surface area contributed by atoms with Crippen LogP contribution in [0.25, 0.3) is 0 Å². The lowest BCUT2D eigenvalue weighted by Gasteiger charge is -2.28. The first-order valence-electron chi connectivity index (χ1n) is 39.6. The molecule has 0 spiro atoms. The molecular formula is C84H150NO8P. The smallest absolute Gasteiger partial charge is 0.306 e. The third-order valence-corrected chi connectivity index (χ3v) is 18.2. The number of phosphoric ester groups is 1. The summed E-state index contributed by atoms with van der Waals surface area (Å²) in [6.45, 7) is 4.17. The van der Waals surface area contributed by atoms with Gasteiger partial charge in [0.2, 0.25) is 0 Å². The number of hydrogen-bond donors (Lipinski definition) is 0. The van der Waals surface area contributed by atoms with E-state index in [0.717, 1.165) is 89.9 Å². The van der Waals surface area contributed by atoms with Crippen molar-refractivity contribution in [3.8, 4) is 0 Å². The van der Waals surface area contributed by atoms with E-state index in [1.807, 2.05) is 21.1 Å². The molecule has 2 atom stereocenters. The number of carbonyl (C=O) groups is 2. The first kappa shape index (κ1) is 90.7. The summed E-state index contributed by atoms with van der Waals surface area (Å²) in [6, 6.07) is 0. The van der Waals surface area contributed by atoms with Gasteiger partial charge >= 0.3 is 11.9 Å². The molecule has 0 saturated carbocycles. The van der Waals surface area contributed by atoms with Crippen molar-refractivity contribution in [3.05, 3.63) is 109 Å². The van der Waals surface area contributed by atoms with Crippen LogP contribution in [0.1, 0.15) is 361 Å². The summed E-state index contributed by atoms with van der Waals surface area (Å²) < 4.78 is 34.4. The highest BCUT2D eigenvalue weighted by Crippen LogP contribution is 2.38. The van der Waals surface area contributed by atoms with Gasteiger partial charge in [-0.05, 0) is 103 Å². The predicted molar refractivity (Wildman–Crippen MR) is 406 cm³/mol. The zero-order valence-electron chi connectivity index (χ0n) is 62.1. The molecule has 0 aliphatic carbocycles. The number of likely N-dealkylation sites (N-methyl/N-ethyl adjacent to an activating group) is 1. The van der Waals surface area contributed by atoms with Gasteiger partial charge in [-0.15, -0.1) is 0 Å². The Bertz CT molecular complexity index is 1960. The molecule has 0 aromatic heterocycles. The highest BCUT2D eigenvalue weighted by molar-refractivity contribution is 7.45. The maximum absolute atomic E-state index is 12.9. The molecule has 0 N–H and O–H groups in total. The average Bonchev–Trinajstić information content (AvgIpc) is 1.57. The molecule has 0 aromatic carbocycles.